The number of hydrogen-bond acceptors (Lipinski definition) is 11. The predicted octanol–water partition coefficient (Wildman–Crippen LogP) is 6.84. The Labute approximate surface area is 278 Å². The Morgan fingerprint density at radius 2 is 1.85 bits per heavy atom. The van der Waals surface area contributed by atoms with Crippen molar-refractivity contribution in [1.82, 2.24) is 10.2 Å². The first-order valence-electron chi connectivity index (χ1n) is 14.3. The van der Waals surface area contributed by atoms with Crippen molar-refractivity contribution in [3.05, 3.63) is 101 Å². The number of thioether (sulfide) groups is 1. The van der Waals surface area contributed by atoms with Crippen molar-refractivity contribution in [2.45, 2.75) is 23.1 Å². The number of aromatic nitrogens is 2. The minimum atomic E-state index is -1.05. The van der Waals surface area contributed by atoms with Crippen LogP contribution in [0, 0.1) is 0 Å². The number of amides is 1. The largest absolute Gasteiger partial charge is 0.507 e. The van der Waals surface area contributed by atoms with E-state index in [4.69, 9.17) is 30.5 Å². The molecular formula is C33H28ClN3O7S2. The van der Waals surface area contributed by atoms with Crippen LogP contribution >= 0.6 is 34.7 Å². The van der Waals surface area contributed by atoms with Gasteiger partial charge in [-0.25, -0.2) is 0 Å². The van der Waals surface area contributed by atoms with Crippen molar-refractivity contribution in [2.24, 2.45) is 0 Å². The van der Waals surface area contributed by atoms with Crippen LogP contribution in [0.15, 0.2) is 83.2 Å². The molecule has 3 aromatic carbocycles. The summed E-state index contributed by atoms with van der Waals surface area (Å²) in [6.07, 6.45) is 1.61. The Hall–Kier alpha value is -4.52. The second-order valence-corrected chi connectivity index (χ2v) is 12.6. The van der Waals surface area contributed by atoms with Crippen molar-refractivity contribution < 1.29 is 33.6 Å². The zero-order valence-corrected chi connectivity index (χ0v) is 27.0. The predicted molar refractivity (Wildman–Crippen MR) is 176 cm³/mol. The molecule has 1 fully saturated rings. The van der Waals surface area contributed by atoms with Gasteiger partial charge in [0.15, 0.2) is 27.3 Å². The van der Waals surface area contributed by atoms with Crippen LogP contribution in [0.1, 0.15) is 29.7 Å². The maximum atomic E-state index is 13.7. The molecule has 6 rings (SSSR count). The van der Waals surface area contributed by atoms with Gasteiger partial charge in [0.1, 0.15) is 25.6 Å². The molecule has 0 bridgehead atoms. The minimum absolute atomic E-state index is 0.116. The number of Topliss-reactive ketones (excluding diaryl/α,β-unsaturated/α-hetero) is 1. The molecule has 0 radical (unpaired) electrons. The van der Waals surface area contributed by atoms with E-state index in [2.05, 4.69) is 16.8 Å². The van der Waals surface area contributed by atoms with Crippen LogP contribution < -0.4 is 23.8 Å². The summed E-state index contributed by atoms with van der Waals surface area (Å²) in [5.41, 5.74) is 1.71. The first-order chi connectivity index (χ1) is 22.4. The fourth-order valence-electron chi connectivity index (χ4n) is 5.01. The van der Waals surface area contributed by atoms with Gasteiger partial charge in [-0.05, 0) is 60.5 Å². The highest BCUT2D eigenvalue weighted by atomic mass is 35.5. The van der Waals surface area contributed by atoms with Crippen LogP contribution in [0.2, 0.25) is 5.02 Å². The van der Waals surface area contributed by atoms with Gasteiger partial charge in [0.05, 0.1) is 18.2 Å². The SMILES string of the molecule is C=CCOc1ccc(C2/C(=C(\O)c3ccc4c(c3)OCCO4)C(=O)C(=O)N2c2nnc(SCc3ccc(Cl)cc3)s2)cc1OCC. The molecule has 10 nitrogen and oxygen atoms in total. The van der Waals surface area contributed by atoms with Crippen LogP contribution in [0.3, 0.4) is 0 Å². The average Bonchev–Trinajstić information content (AvgIpc) is 3.65. The number of anilines is 1. The fourth-order valence-corrected chi connectivity index (χ4v) is 6.96. The molecule has 1 saturated heterocycles. The quantitative estimate of drug-likeness (QED) is 0.0451. The number of aliphatic hydroxyl groups excluding tert-OH is 1. The van der Waals surface area contributed by atoms with Crippen molar-refractivity contribution >= 4 is 57.3 Å². The molecule has 4 aromatic rings. The number of fused-ring (bicyclic) bond motifs is 1. The maximum absolute atomic E-state index is 13.7. The minimum Gasteiger partial charge on any atom is -0.507 e. The molecule has 3 heterocycles. The van der Waals surface area contributed by atoms with Gasteiger partial charge in [-0.15, -0.1) is 10.2 Å². The fraction of sp³-hybridized carbons (Fsp3) is 0.212. The Morgan fingerprint density at radius 3 is 2.61 bits per heavy atom. The molecule has 1 N–H and O–H groups in total. The number of ether oxygens (including phenoxy) is 4. The molecule has 0 aliphatic carbocycles. The molecule has 2 aliphatic heterocycles. The van der Waals surface area contributed by atoms with E-state index < -0.39 is 17.7 Å². The summed E-state index contributed by atoms with van der Waals surface area (Å²) in [6, 6.07) is 16.4. The van der Waals surface area contributed by atoms with Crippen LogP contribution in [-0.4, -0.2) is 53.4 Å². The maximum Gasteiger partial charge on any atom is 0.301 e. The van der Waals surface area contributed by atoms with E-state index in [0.717, 1.165) is 5.56 Å². The van der Waals surface area contributed by atoms with Crippen LogP contribution in [-0.2, 0) is 15.3 Å². The van der Waals surface area contributed by atoms with Crippen LogP contribution in [0.4, 0.5) is 5.13 Å². The molecule has 1 unspecified atom stereocenters. The van der Waals surface area contributed by atoms with Crippen molar-refractivity contribution in [3.63, 3.8) is 0 Å². The number of nitrogens with zero attached hydrogens (tertiary/aromatic N) is 3. The second-order valence-electron chi connectivity index (χ2n) is 10.0. The van der Waals surface area contributed by atoms with E-state index in [1.807, 2.05) is 31.2 Å². The van der Waals surface area contributed by atoms with Gasteiger partial charge in [0.2, 0.25) is 5.13 Å². The highest BCUT2D eigenvalue weighted by molar-refractivity contribution is 8.00. The third-order valence-corrected chi connectivity index (χ3v) is 9.46. The van der Waals surface area contributed by atoms with Gasteiger partial charge in [-0.2, -0.15) is 0 Å². The molecule has 1 aromatic heterocycles. The van der Waals surface area contributed by atoms with Gasteiger partial charge in [0, 0.05) is 16.3 Å². The number of benzene rings is 3. The normalized spacial score (nSPS) is 16.8. The van der Waals surface area contributed by atoms with E-state index in [0.29, 0.717) is 69.1 Å². The number of aliphatic hydroxyl groups is 1. The summed E-state index contributed by atoms with van der Waals surface area (Å²) < 4.78 is 23.5. The second kappa shape index (κ2) is 13.9. The summed E-state index contributed by atoms with van der Waals surface area (Å²) in [5, 5.41) is 21.1. The lowest BCUT2D eigenvalue weighted by Gasteiger charge is -2.24. The molecular weight excluding hydrogens is 650 g/mol. The lowest BCUT2D eigenvalue weighted by atomic mass is 9.95. The monoisotopic (exact) mass is 677 g/mol. The van der Waals surface area contributed by atoms with Gasteiger partial charge < -0.3 is 24.1 Å². The van der Waals surface area contributed by atoms with Crippen molar-refractivity contribution in [2.75, 3.05) is 31.3 Å². The Morgan fingerprint density at radius 1 is 1.07 bits per heavy atom. The zero-order valence-electron chi connectivity index (χ0n) is 24.6. The van der Waals surface area contributed by atoms with Gasteiger partial charge in [-0.1, -0.05) is 65.6 Å². The first kappa shape index (κ1) is 31.5. The van der Waals surface area contributed by atoms with E-state index in [1.165, 1.54) is 28.0 Å². The standard InChI is InChI=1S/C33H28ClN3O7S2/c1-3-13-42-23-11-7-20(16-25(23)41-4-2)28-27(29(38)21-8-12-24-26(17-21)44-15-14-43-24)30(39)31(40)37(28)32-35-36-33(46-32)45-18-19-5-9-22(34)10-6-19/h3,5-12,16-17,28,38H,1,4,13-15,18H2,2H3/b29-27+. The van der Waals surface area contributed by atoms with E-state index in [-0.39, 0.29) is 23.1 Å². The number of carbonyl (C=O) groups excluding carboxylic acids is 2. The van der Waals surface area contributed by atoms with E-state index in [9.17, 15) is 14.7 Å². The van der Waals surface area contributed by atoms with Crippen molar-refractivity contribution in [3.8, 4) is 23.0 Å². The number of ketones is 1. The summed E-state index contributed by atoms with van der Waals surface area (Å²) in [4.78, 5) is 28.8. The zero-order chi connectivity index (χ0) is 32.2. The average molecular weight is 678 g/mol. The lowest BCUT2D eigenvalue weighted by Crippen LogP contribution is -2.29. The van der Waals surface area contributed by atoms with Gasteiger partial charge in [0.25, 0.3) is 5.78 Å². The van der Waals surface area contributed by atoms with Gasteiger partial charge in [-0.3, -0.25) is 14.5 Å². The van der Waals surface area contributed by atoms with Crippen LogP contribution in [0.25, 0.3) is 5.76 Å². The summed E-state index contributed by atoms with van der Waals surface area (Å²) in [6.45, 7) is 6.88. The Balaban J connectivity index is 1.42. The summed E-state index contributed by atoms with van der Waals surface area (Å²) in [5.74, 6) is 0.335. The topological polar surface area (TPSA) is 120 Å². The van der Waals surface area contributed by atoms with Gasteiger partial charge >= 0.3 is 5.91 Å². The lowest BCUT2D eigenvalue weighted by molar-refractivity contribution is -0.132. The molecule has 0 spiro atoms. The highest BCUT2D eigenvalue weighted by Gasteiger charge is 2.48. The van der Waals surface area contributed by atoms with Crippen LogP contribution in [0.5, 0.6) is 23.0 Å². The molecule has 236 valence electrons. The Bertz CT molecular complexity index is 1830. The molecule has 1 amide bonds. The number of rotatable bonds is 11. The number of hydrogen-bond donors (Lipinski definition) is 1. The number of carbonyl (C=O) groups is 2. The Kier molecular flexibility index (Phi) is 9.48. The summed E-state index contributed by atoms with van der Waals surface area (Å²) in [7, 11) is 0. The highest BCUT2D eigenvalue weighted by Crippen LogP contribution is 2.46. The third-order valence-electron chi connectivity index (χ3n) is 7.08. The molecule has 2 aliphatic rings. The third kappa shape index (κ3) is 6.41. The smallest absolute Gasteiger partial charge is 0.301 e. The van der Waals surface area contributed by atoms with E-state index in [1.54, 1.807) is 42.5 Å². The molecule has 46 heavy (non-hydrogen) atoms. The molecule has 0 saturated carbocycles. The molecule has 1 atom stereocenters. The number of halogens is 1. The van der Waals surface area contributed by atoms with Crippen molar-refractivity contribution in [1.29, 1.82) is 0 Å². The van der Waals surface area contributed by atoms with E-state index >= 15 is 0 Å². The molecule has 13 heteroatoms. The summed E-state index contributed by atoms with van der Waals surface area (Å²) >= 11 is 8.63. The first-order valence-corrected chi connectivity index (χ1v) is 16.5.